The summed E-state index contributed by atoms with van der Waals surface area (Å²) in [5, 5.41) is 1.58. The predicted octanol–water partition coefficient (Wildman–Crippen LogP) is 3.61. The molecular formula is C13H21Si. The van der Waals surface area contributed by atoms with E-state index in [4.69, 9.17) is 0 Å². The zero-order valence-electron chi connectivity index (χ0n) is 9.80. The monoisotopic (exact) mass is 205 g/mol. The van der Waals surface area contributed by atoms with Gasteiger partial charge in [0.05, 0.1) is 8.07 Å². The first kappa shape index (κ1) is 11.5. The zero-order valence-corrected chi connectivity index (χ0v) is 10.8. The summed E-state index contributed by atoms with van der Waals surface area (Å²) in [4.78, 5) is 0. The summed E-state index contributed by atoms with van der Waals surface area (Å²) in [5.74, 6) is 1.56. The summed E-state index contributed by atoms with van der Waals surface area (Å²) in [6.07, 6.45) is 1.29. The van der Waals surface area contributed by atoms with Crippen LogP contribution in [0, 0.1) is 5.92 Å². The average molecular weight is 205 g/mol. The van der Waals surface area contributed by atoms with Crippen LogP contribution in [0.5, 0.6) is 0 Å². The predicted molar refractivity (Wildman–Crippen MR) is 67.6 cm³/mol. The summed E-state index contributed by atoms with van der Waals surface area (Å²) < 4.78 is 0. The third kappa shape index (κ3) is 3.30. The lowest BCUT2D eigenvalue weighted by atomic mass is 10.2. The Hall–Kier alpha value is -0.563. The molecule has 0 saturated heterocycles. The first-order valence-corrected chi connectivity index (χ1v) is 8.57. The van der Waals surface area contributed by atoms with Gasteiger partial charge in [0.25, 0.3) is 0 Å². The van der Waals surface area contributed by atoms with Gasteiger partial charge in [0.15, 0.2) is 0 Å². The van der Waals surface area contributed by atoms with E-state index in [2.05, 4.69) is 57.3 Å². The molecule has 1 aromatic carbocycles. The third-order valence-corrected chi connectivity index (χ3v) is 6.20. The first-order chi connectivity index (χ1) is 6.52. The van der Waals surface area contributed by atoms with E-state index in [-0.39, 0.29) is 0 Å². The van der Waals surface area contributed by atoms with Gasteiger partial charge in [0.1, 0.15) is 0 Å². The molecule has 0 fully saturated rings. The van der Waals surface area contributed by atoms with Gasteiger partial charge in [0.2, 0.25) is 0 Å². The Balaban J connectivity index is 2.66. The van der Waals surface area contributed by atoms with Crippen molar-refractivity contribution in [3.8, 4) is 0 Å². The van der Waals surface area contributed by atoms with E-state index >= 15 is 0 Å². The maximum absolute atomic E-state index is 2.46. The summed E-state index contributed by atoms with van der Waals surface area (Å²) in [6.45, 7) is 9.39. The van der Waals surface area contributed by atoms with E-state index in [1.165, 1.54) is 12.5 Å². The summed E-state index contributed by atoms with van der Waals surface area (Å²) in [5.41, 5.74) is 0. The minimum absolute atomic E-state index is 1.16. The Kier molecular flexibility index (Phi) is 3.94. The lowest BCUT2D eigenvalue weighted by Crippen LogP contribution is -2.41. The molecule has 14 heavy (non-hydrogen) atoms. The number of hydrogen-bond donors (Lipinski definition) is 0. The standard InChI is InChI=1S/C13H21Si/c1-12(2)10-11-14(3,4)13-8-6-5-7-9-13/h5-9H,10-11H2,1-4H3. The third-order valence-electron chi connectivity index (χ3n) is 2.81. The number of hydrogen-bond acceptors (Lipinski definition) is 0. The van der Waals surface area contributed by atoms with Crippen LogP contribution in [-0.4, -0.2) is 8.07 Å². The molecule has 1 aromatic rings. The maximum Gasteiger partial charge on any atom is 0.0806 e. The normalized spacial score (nSPS) is 12.1. The van der Waals surface area contributed by atoms with Gasteiger partial charge in [-0.2, -0.15) is 0 Å². The molecule has 0 bridgehead atoms. The van der Waals surface area contributed by atoms with E-state index < -0.39 is 8.07 Å². The van der Waals surface area contributed by atoms with Crippen molar-refractivity contribution in [3.63, 3.8) is 0 Å². The van der Waals surface area contributed by atoms with Crippen LogP contribution in [0.2, 0.25) is 19.1 Å². The summed E-state index contributed by atoms with van der Waals surface area (Å²) >= 11 is 0. The molecule has 1 rings (SSSR count). The van der Waals surface area contributed by atoms with Crippen LogP contribution in [0.1, 0.15) is 20.3 Å². The topological polar surface area (TPSA) is 0 Å². The highest BCUT2D eigenvalue weighted by Gasteiger charge is 2.22. The lowest BCUT2D eigenvalue weighted by molar-refractivity contribution is 0.908. The van der Waals surface area contributed by atoms with Crippen LogP contribution < -0.4 is 5.19 Å². The fourth-order valence-electron chi connectivity index (χ4n) is 1.60. The molecule has 1 radical (unpaired) electrons. The minimum Gasteiger partial charge on any atom is -0.0654 e. The smallest absolute Gasteiger partial charge is 0.0654 e. The van der Waals surface area contributed by atoms with Crippen LogP contribution in [0.15, 0.2) is 30.3 Å². The van der Waals surface area contributed by atoms with Crippen LogP contribution >= 0.6 is 0 Å². The SMILES string of the molecule is C[C](C)CC[Si](C)(C)c1ccccc1. The molecule has 0 amide bonds. The van der Waals surface area contributed by atoms with Crippen molar-refractivity contribution in [1.82, 2.24) is 0 Å². The molecule has 0 aromatic heterocycles. The van der Waals surface area contributed by atoms with Crippen molar-refractivity contribution in [3.05, 3.63) is 36.2 Å². The van der Waals surface area contributed by atoms with E-state index in [1.807, 2.05) is 0 Å². The number of benzene rings is 1. The highest BCUT2D eigenvalue weighted by Crippen LogP contribution is 2.17. The first-order valence-electron chi connectivity index (χ1n) is 5.37. The molecule has 0 saturated carbocycles. The number of rotatable bonds is 4. The van der Waals surface area contributed by atoms with Gasteiger partial charge < -0.3 is 0 Å². The second kappa shape index (κ2) is 4.79. The Morgan fingerprint density at radius 3 is 2.14 bits per heavy atom. The zero-order chi connectivity index (χ0) is 10.6. The van der Waals surface area contributed by atoms with Gasteiger partial charge in [-0.15, -0.1) is 0 Å². The van der Waals surface area contributed by atoms with E-state index in [0.717, 1.165) is 0 Å². The Morgan fingerprint density at radius 1 is 1.07 bits per heavy atom. The van der Waals surface area contributed by atoms with Crippen molar-refractivity contribution >= 4 is 13.3 Å². The summed E-state index contributed by atoms with van der Waals surface area (Å²) in [6, 6.07) is 12.4. The van der Waals surface area contributed by atoms with Crippen LogP contribution in [-0.2, 0) is 0 Å². The molecule has 0 unspecified atom stereocenters. The summed E-state index contributed by atoms with van der Waals surface area (Å²) in [7, 11) is -1.16. The Morgan fingerprint density at radius 2 is 1.64 bits per heavy atom. The highest BCUT2D eigenvalue weighted by atomic mass is 28.3. The molecule has 0 aliphatic heterocycles. The molecule has 0 N–H and O–H groups in total. The van der Waals surface area contributed by atoms with Gasteiger partial charge >= 0.3 is 0 Å². The van der Waals surface area contributed by atoms with Gasteiger partial charge in [-0.05, 0) is 12.3 Å². The molecule has 1 heteroatoms. The fraction of sp³-hybridized carbons (Fsp3) is 0.462. The van der Waals surface area contributed by atoms with Crippen LogP contribution in [0.25, 0.3) is 0 Å². The largest absolute Gasteiger partial charge is 0.0806 e. The molecular weight excluding hydrogens is 184 g/mol. The minimum atomic E-state index is -1.16. The lowest BCUT2D eigenvalue weighted by Gasteiger charge is -2.23. The van der Waals surface area contributed by atoms with E-state index in [9.17, 15) is 0 Å². The fourth-order valence-corrected chi connectivity index (χ4v) is 4.10. The van der Waals surface area contributed by atoms with Crippen molar-refractivity contribution in [2.45, 2.75) is 39.4 Å². The maximum atomic E-state index is 2.46. The molecule has 0 spiro atoms. The molecule has 77 valence electrons. The van der Waals surface area contributed by atoms with Crippen LogP contribution in [0.4, 0.5) is 0 Å². The van der Waals surface area contributed by atoms with Crippen molar-refractivity contribution in [2.24, 2.45) is 0 Å². The Bertz CT molecular complexity index is 262. The highest BCUT2D eigenvalue weighted by molar-refractivity contribution is 6.89. The quantitative estimate of drug-likeness (QED) is 0.659. The average Bonchev–Trinajstić information content (AvgIpc) is 2.16. The van der Waals surface area contributed by atoms with Crippen LogP contribution in [0.3, 0.4) is 0 Å². The molecule has 0 atom stereocenters. The van der Waals surface area contributed by atoms with E-state index in [1.54, 1.807) is 11.1 Å². The van der Waals surface area contributed by atoms with E-state index in [0.29, 0.717) is 0 Å². The van der Waals surface area contributed by atoms with Crippen molar-refractivity contribution in [2.75, 3.05) is 0 Å². The molecule has 0 nitrogen and oxygen atoms in total. The van der Waals surface area contributed by atoms with Crippen molar-refractivity contribution in [1.29, 1.82) is 0 Å². The second-order valence-corrected chi connectivity index (χ2v) is 9.80. The van der Waals surface area contributed by atoms with Gasteiger partial charge in [-0.3, -0.25) is 0 Å². The van der Waals surface area contributed by atoms with Gasteiger partial charge in [0, 0.05) is 0 Å². The molecule has 0 heterocycles. The van der Waals surface area contributed by atoms with Crippen molar-refractivity contribution < 1.29 is 0 Å². The van der Waals surface area contributed by atoms with Gasteiger partial charge in [-0.25, -0.2) is 0 Å². The second-order valence-electron chi connectivity index (χ2n) is 4.96. The van der Waals surface area contributed by atoms with Gasteiger partial charge in [-0.1, -0.05) is 68.5 Å². The Labute approximate surface area is 89.4 Å². The molecule has 0 aliphatic rings. The molecule has 0 aliphatic carbocycles.